The lowest BCUT2D eigenvalue weighted by atomic mass is 10.1. The fraction of sp³-hybridized carbons (Fsp3) is 0.381. The van der Waals surface area contributed by atoms with E-state index >= 15 is 0 Å². The molecule has 0 spiro atoms. The first-order chi connectivity index (χ1) is 13.0. The van der Waals surface area contributed by atoms with Crippen LogP contribution in [0, 0.1) is 0 Å². The largest absolute Gasteiger partial charge is 0.317 e. The minimum atomic E-state index is -3.70. The van der Waals surface area contributed by atoms with Crippen molar-refractivity contribution in [2.24, 2.45) is 0 Å². The van der Waals surface area contributed by atoms with E-state index in [1.54, 1.807) is 54.6 Å². The third-order valence-electron chi connectivity index (χ3n) is 5.13. The lowest BCUT2D eigenvalue weighted by Crippen LogP contribution is -2.35. The van der Waals surface area contributed by atoms with Crippen molar-refractivity contribution in [1.82, 2.24) is 9.80 Å². The minimum absolute atomic E-state index is 0.199. The standard InChI is InChI=1S/C21H26N2O3S/c1-3-22(4-2)15-10-16-23-20(24)18-13-8-9-14-19(18)21(23)27(25,26)17-11-6-5-7-12-17/h5-9,11-14,21H,3-4,10,15-16H2,1-2H3/t21-/m0/s1. The van der Waals surface area contributed by atoms with Gasteiger partial charge in [-0.15, -0.1) is 0 Å². The van der Waals surface area contributed by atoms with E-state index in [4.69, 9.17) is 0 Å². The minimum Gasteiger partial charge on any atom is -0.317 e. The monoisotopic (exact) mass is 386 g/mol. The van der Waals surface area contributed by atoms with Crippen LogP contribution in [0.1, 0.15) is 41.6 Å². The maximum absolute atomic E-state index is 13.4. The lowest BCUT2D eigenvalue weighted by Gasteiger charge is -2.26. The molecule has 1 amide bonds. The molecule has 0 unspecified atom stereocenters. The van der Waals surface area contributed by atoms with Gasteiger partial charge in [0.25, 0.3) is 5.91 Å². The van der Waals surface area contributed by atoms with Gasteiger partial charge in [-0.25, -0.2) is 8.42 Å². The zero-order valence-electron chi connectivity index (χ0n) is 15.8. The van der Waals surface area contributed by atoms with Crippen molar-refractivity contribution in [3.8, 4) is 0 Å². The van der Waals surface area contributed by atoms with E-state index in [1.165, 1.54) is 4.90 Å². The molecule has 3 rings (SSSR count). The average Bonchev–Trinajstić information content (AvgIpc) is 2.99. The Morgan fingerprint density at radius 1 is 0.963 bits per heavy atom. The molecule has 0 aromatic heterocycles. The van der Waals surface area contributed by atoms with Crippen LogP contribution in [0.3, 0.4) is 0 Å². The molecule has 0 saturated carbocycles. The van der Waals surface area contributed by atoms with Crippen molar-refractivity contribution in [3.05, 3.63) is 65.7 Å². The summed E-state index contributed by atoms with van der Waals surface area (Å²) >= 11 is 0. The van der Waals surface area contributed by atoms with Gasteiger partial charge in [-0.1, -0.05) is 50.2 Å². The summed E-state index contributed by atoms with van der Waals surface area (Å²) in [5, 5.41) is -0.958. The average molecular weight is 387 g/mol. The number of rotatable bonds is 8. The highest BCUT2D eigenvalue weighted by Gasteiger charge is 2.44. The molecular weight excluding hydrogens is 360 g/mol. The van der Waals surface area contributed by atoms with E-state index in [9.17, 15) is 13.2 Å². The first-order valence-corrected chi connectivity index (χ1v) is 11.0. The van der Waals surface area contributed by atoms with Crippen molar-refractivity contribution >= 4 is 15.7 Å². The van der Waals surface area contributed by atoms with Crippen LogP contribution in [0.25, 0.3) is 0 Å². The van der Waals surface area contributed by atoms with Crippen LogP contribution in [0.4, 0.5) is 0 Å². The third-order valence-corrected chi connectivity index (χ3v) is 7.16. The van der Waals surface area contributed by atoms with Gasteiger partial charge < -0.3 is 9.80 Å². The van der Waals surface area contributed by atoms with Gasteiger partial charge in [0, 0.05) is 17.7 Å². The number of benzene rings is 2. The zero-order valence-corrected chi connectivity index (χ0v) is 16.7. The number of carbonyl (C=O) groups excluding carboxylic acids is 1. The third kappa shape index (κ3) is 3.77. The molecule has 0 bridgehead atoms. The highest BCUT2D eigenvalue weighted by atomic mass is 32.2. The number of hydrogen-bond acceptors (Lipinski definition) is 4. The summed E-state index contributed by atoms with van der Waals surface area (Å²) in [5.74, 6) is -0.199. The van der Waals surface area contributed by atoms with Gasteiger partial charge in [-0.3, -0.25) is 4.79 Å². The Hall–Kier alpha value is -2.18. The molecule has 1 aliphatic heterocycles. The maximum Gasteiger partial charge on any atom is 0.255 e. The Balaban J connectivity index is 1.93. The first kappa shape index (κ1) is 19.6. The molecule has 0 saturated heterocycles. The number of nitrogens with zero attached hydrogens (tertiary/aromatic N) is 2. The summed E-state index contributed by atoms with van der Waals surface area (Å²) in [6, 6.07) is 15.4. The number of hydrogen-bond donors (Lipinski definition) is 0. The molecule has 0 N–H and O–H groups in total. The highest BCUT2D eigenvalue weighted by molar-refractivity contribution is 7.91. The molecule has 0 radical (unpaired) electrons. The van der Waals surface area contributed by atoms with E-state index in [-0.39, 0.29) is 10.8 Å². The molecule has 1 heterocycles. The van der Waals surface area contributed by atoms with Gasteiger partial charge in [0.05, 0.1) is 4.90 Å². The van der Waals surface area contributed by atoms with Gasteiger partial charge in [0.15, 0.2) is 5.37 Å². The Morgan fingerprint density at radius 3 is 2.26 bits per heavy atom. The Kier molecular flexibility index (Phi) is 5.97. The van der Waals surface area contributed by atoms with Crippen molar-refractivity contribution in [1.29, 1.82) is 0 Å². The van der Waals surface area contributed by atoms with Crippen LogP contribution >= 0.6 is 0 Å². The SMILES string of the molecule is CCN(CC)CCCN1C(=O)c2ccccc2[C@@H]1S(=O)(=O)c1ccccc1. The maximum atomic E-state index is 13.4. The number of amides is 1. The van der Waals surface area contributed by atoms with Gasteiger partial charge in [0.2, 0.25) is 9.84 Å². The van der Waals surface area contributed by atoms with Gasteiger partial charge in [-0.05, 0) is 44.3 Å². The van der Waals surface area contributed by atoms with E-state index in [1.807, 2.05) is 0 Å². The smallest absolute Gasteiger partial charge is 0.255 e. The molecule has 1 atom stereocenters. The van der Waals surface area contributed by atoms with Crippen molar-refractivity contribution < 1.29 is 13.2 Å². The summed E-state index contributed by atoms with van der Waals surface area (Å²) in [6.45, 7) is 7.34. The van der Waals surface area contributed by atoms with Crippen LogP contribution in [-0.4, -0.2) is 50.3 Å². The fourth-order valence-corrected chi connectivity index (χ4v) is 5.50. The second kappa shape index (κ2) is 8.23. The highest BCUT2D eigenvalue weighted by Crippen LogP contribution is 2.40. The van der Waals surface area contributed by atoms with Crippen LogP contribution < -0.4 is 0 Å². The second-order valence-corrected chi connectivity index (χ2v) is 8.68. The normalized spacial score (nSPS) is 16.8. The Labute approximate surface area is 161 Å². The first-order valence-electron chi connectivity index (χ1n) is 9.41. The lowest BCUT2D eigenvalue weighted by molar-refractivity contribution is 0.0761. The molecule has 27 heavy (non-hydrogen) atoms. The quantitative estimate of drug-likeness (QED) is 0.698. The van der Waals surface area contributed by atoms with Crippen LogP contribution in [0.15, 0.2) is 59.5 Å². The zero-order chi connectivity index (χ0) is 19.4. The molecule has 2 aromatic rings. The molecule has 6 heteroatoms. The van der Waals surface area contributed by atoms with E-state index in [0.29, 0.717) is 17.7 Å². The fourth-order valence-electron chi connectivity index (χ4n) is 3.63. The summed E-state index contributed by atoms with van der Waals surface area (Å²) in [5.41, 5.74) is 1.07. The predicted octanol–water partition coefficient (Wildman–Crippen LogP) is 3.35. The van der Waals surface area contributed by atoms with Crippen molar-refractivity contribution in [2.75, 3.05) is 26.2 Å². The van der Waals surface area contributed by atoms with E-state index in [0.717, 1.165) is 26.1 Å². The van der Waals surface area contributed by atoms with Crippen molar-refractivity contribution in [3.63, 3.8) is 0 Å². The van der Waals surface area contributed by atoms with Crippen LogP contribution in [0.5, 0.6) is 0 Å². The molecule has 144 valence electrons. The molecule has 1 aliphatic rings. The summed E-state index contributed by atoms with van der Waals surface area (Å²) in [6.07, 6.45) is 0.738. The topological polar surface area (TPSA) is 57.7 Å². The number of carbonyl (C=O) groups is 1. The summed E-state index contributed by atoms with van der Waals surface area (Å²) in [7, 11) is -3.70. The molecule has 0 fully saturated rings. The molecular formula is C21H26N2O3S. The second-order valence-electron chi connectivity index (χ2n) is 6.68. The predicted molar refractivity (Wildman–Crippen MR) is 106 cm³/mol. The van der Waals surface area contributed by atoms with Crippen LogP contribution in [0.2, 0.25) is 0 Å². The summed E-state index contributed by atoms with van der Waals surface area (Å²) < 4.78 is 26.7. The molecule has 0 aliphatic carbocycles. The van der Waals surface area contributed by atoms with Gasteiger partial charge in [0.1, 0.15) is 0 Å². The van der Waals surface area contributed by atoms with E-state index in [2.05, 4.69) is 18.7 Å². The Bertz CT molecular complexity index is 893. The van der Waals surface area contributed by atoms with E-state index < -0.39 is 15.2 Å². The van der Waals surface area contributed by atoms with Gasteiger partial charge in [-0.2, -0.15) is 0 Å². The summed E-state index contributed by atoms with van der Waals surface area (Å²) in [4.78, 5) is 17.0. The van der Waals surface area contributed by atoms with Gasteiger partial charge >= 0.3 is 0 Å². The number of fused-ring (bicyclic) bond motifs is 1. The molecule has 2 aromatic carbocycles. The van der Waals surface area contributed by atoms with Crippen molar-refractivity contribution in [2.45, 2.75) is 30.5 Å². The Morgan fingerprint density at radius 2 is 1.59 bits per heavy atom. The number of sulfone groups is 1. The van der Waals surface area contributed by atoms with Crippen LogP contribution in [-0.2, 0) is 9.84 Å². The molecule has 5 nitrogen and oxygen atoms in total.